The summed E-state index contributed by atoms with van der Waals surface area (Å²) >= 11 is 7.63. The van der Waals surface area contributed by atoms with Crippen molar-refractivity contribution >= 4 is 22.9 Å². The largest absolute Gasteiger partial charge is 0.388 e. The van der Waals surface area contributed by atoms with Gasteiger partial charge in [-0.2, -0.15) is 0 Å². The van der Waals surface area contributed by atoms with Crippen LogP contribution in [0.4, 0.5) is 0 Å². The Morgan fingerprint density at radius 1 is 1.44 bits per heavy atom. The molecule has 1 aromatic heterocycles. The third-order valence-electron chi connectivity index (χ3n) is 4.36. The minimum atomic E-state index is -0.336. The average molecular weight is 257 g/mol. The maximum atomic E-state index is 10.2. The normalized spacial score (nSPS) is 34.5. The number of rotatable bonds is 3. The van der Waals surface area contributed by atoms with Gasteiger partial charge in [0.1, 0.15) is 0 Å². The minimum absolute atomic E-state index is 0.336. The molecule has 0 aliphatic heterocycles. The molecule has 1 N–H and O–H groups in total. The molecule has 0 radical (unpaired) electrons. The molecule has 88 valence electrons. The molecule has 4 unspecified atom stereocenters. The number of thiophene rings is 1. The number of halogens is 1. The van der Waals surface area contributed by atoms with Gasteiger partial charge < -0.3 is 5.11 Å². The topological polar surface area (TPSA) is 20.2 Å². The van der Waals surface area contributed by atoms with Gasteiger partial charge in [-0.3, -0.25) is 0 Å². The lowest BCUT2D eigenvalue weighted by atomic mass is 9.84. The van der Waals surface area contributed by atoms with Crippen molar-refractivity contribution in [2.75, 3.05) is 0 Å². The summed E-state index contributed by atoms with van der Waals surface area (Å²) in [6.07, 6.45) is 6.15. The Kier molecular flexibility index (Phi) is 2.99. The van der Waals surface area contributed by atoms with Crippen molar-refractivity contribution in [3.8, 4) is 0 Å². The zero-order chi connectivity index (χ0) is 11.1. The number of hydrogen-bond acceptors (Lipinski definition) is 2. The highest BCUT2D eigenvalue weighted by Gasteiger charge is 2.40. The highest BCUT2D eigenvalue weighted by molar-refractivity contribution is 7.10. The van der Waals surface area contributed by atoms with E-state index >= 15 is 0 Å². The molecule has 0 aromatic carbocycles. The molecule has 2 aliphatic carbocycles. The molecule has 3 heteroatoms. The molecule has 1 heterocycles. The molecule has 2 aliphatic rings. The molecule has 2 saturated carbocycles. The Morgan fingerprint density at radius 3 is 2.88 bits per heavy atom. The van der Waals surface area contributed by atoms with E-state index in [1.807, 2.05) is 11.4 Å². The highest BCUT2D eigenvalue weighted by Crippen LogP contribution is 2.51. The first-order chi connectivity index (χ1) is 7.74. The van der Waals surface area contributed by atoms with Gasteiger partial charge in [0, 0.05) is 0 Å². The lowest BCUT2D eigenvalue weighted by Crippen LogP contribution is -2.13. The number of aliphatic hydroxyl groups is 1. The van der Waals surface area contributed by atoms with Crippen LogP contribution in [0.2, 0.25) is 5.02 Å². The summed E-state index contributed by atoms with van der Waals surface area (Å²) in [5.41, 5.74) is 0. The standard InChI is InChI=1S/C13H17ClOS/c14-11-3-4-16-13(11)12(15)7-10-6-8-1-2-9(10)5-8/h3-4,8-10,12,15H,1-2,5-7H2. The maximum absolute atomic E-state index is 10.2. The van der Waals surface area contributed by atoms with Crippen molar-refractivity contribution in [1.82, 2.24) is 0 Å². The zero-order valence-corrected chi connectivity index (χ0v) is 10.8. The van der Waals surface area contributed by atoms with Gasteiger partial charge in [0.15, 0.2) is 0 Å². The van der Waals surface area contributed by atoms with E-state index in [0.717, 1.165) is 34.1 Å². The predicted molar refractivity (Wildman–Crippen MR) is 67.8 cm³/mol. The van der Waals surface area contributed by atoms with Crippen molar-refractivity contribution in [1.29, 1.82) is 0 Å². The molecule has 0 spiro atoms. The summed E-state index contributed by atoms with van der Waals surface area (Å²) in [4.78, 5) is 0.962. The van der Waals surface area contributed by atoms with Gasteiger partial charge in [0.25, 0.3) is 0 Å². The van der Waals surface area contributed by atoms with Crippen LogP contribution in [-0.2, 0) is 0 Å². The Hall–Kier alpha value is -0.0500. The van der Waals surface area contributed by atoms with E-state index < -0.39 is 0 Å². The van der Waals surface area contributed by atoms with Crippen LogP contribution >= 0.6 is 22.9 Å². The molecular formula is C13H17ClOS. The highest BCUT2D eigenvalue weighted by atomic mass is 35.5. The van der Waals surface area contributed by atoms with Crippen LogP contribution in [0, 0.1) is 17.8 Å². The van der Waals surface area contributed by atoms with Crippen molar-refractivity contribution in [2.45, 2.75) is 38.2 Å². The smallest absolute Gasteiger partial charge is 0.0899 e. The van der Waals surface area contributed by atoms with Crippen molar-refractivity contribution in [3.05, 3.63) is 21.3 Å². The van der Waals surface area contributed by atoms with Crippen LogP contribution in [0.1, 0.15) is 43.1 Å². The van der Waals surface area contributed by atoms with Gasteiger partial charge in [0.2, 0.25) is 0 Å². The minimum Gasteiger partial charge on any atom is -0.388 e. The second-order valence-corrected chi connectivity index (χ2v) is 6.67. The molecule has 4 atom stereocenters. The van der Waals surface area contributed by atoms with E-state index in [2.05, 4.69) is 0 Å². The van der Waals surface area contributed by atoms with Gasteiger partial charge in [-0.25, -0.2) is 0 Å². The fourth-order valence-corrected chi connectivity index (χ4v) is 4.78. The third-order valence-corrected chi connectivity index (χ3v) is 5.82. The number of aliphatic hydroxyl groups excluding tert-OH is 1. The molecule has 0 amide bonds. The van der Waals surface area contributed by atoms with Crippen molar-refractivity contribution < 1.29 is 5.11 Å². The Balaban J connectivity index is 1.65. The molecular weight excluding hydrogens is 240 g/mol. The average Bonchev–Trinajstić information content (AvgIpc) is 2.92. The molecule has 1 aromatic rings. The van der Waals surface area contributed by atoms with Crippen molar-refractivity contribution in [2.24, 2.45) is 17.8 Å². The summed E-state index contributed by atoms with van der Waals surface area (Å²) in [5, 5.41) is 12.9. The summed E-state index contributed by atoms with van der Waals surface area (Å²) in [6, 6.07) is 1.88. The van der Waals surface area contributed by atoms with E-state index in [1.54, 1.807) is 11.3 Å². The molecule has 1 nitrogen and oxygen atoms in total. The van der Waals surface area contributed by atoms with Gasteiger partial charge >= 0.3 is 0 Å². The SMILES string of the molecule is OC(CC1CC2CCC1C2)c1sccc1Cl. The van der Waals surface area contributed by atoms with Crippen LogP contribution in [0.5, 0.6) is 0 Å². The quantitative estimate of drug-likeness (QED) is 0.857. The first-order valence-corrected chi connectivity index (χ1v) is 7.40. The molecule has 0 saturated heterocycles. The summed E-state index contributed by atoms with van der Waals surface area (Å²) < 4.78 is 0. The van der Waals surface area contributed by atoms with E-state index in [9.17, 15) is 5.11 Å². The molecule has 16 heavy (non-hydrogen) atoms. The van der Waals surface area contributed by atoms with Gasteiger partial charge in [-0.15, -0.1) is 11.3 Å². The summed E-state index contributed by atoms with van der Waals surface area (Å²) in [7, 11) is 0. The van der Waals surface area contributed by atoms with Crippen LogP contribution < -0.4 is 0 Å². The molecule has 2 fully saturated rings. The molecule has 2 bridgehead atoms. The van der Waals surface area contributed by atoms with E-state index in [4.69, 9.17) is 11.6 Å². The van der Waals surface area contributed by atoms with Gasteiger partial charge in [-0.1, -0.05) is 18.0 Å². The fraction of sp³-hybridized carbons (Fsp3) is 0.692. The second kappa shape index (κ2) is 4.32. The first kappa shape index (κ1) is 11.1. The summed E-state index contributed by atoms with van der Waals surface area (Å²) in [6.45, 7) is 0. The van der Waals surface area contributed by atoms with Crippen LogP contribution in [0.25, 0.3) is 0 Å². The lowest BCUT2D eigenvalue weighted by molar-refractivity contribution is 0.128. The third kappa shape index (κ3) is 1.92. The predicted octanol–water partition coefficient (Wildman–Crippen LogP) is 4.26. The van der Waals surface area contributed by atoms with Crippen LogP contribution in [0.3, 0.4) is 0 Å². The Morgan fingerprint density at radius 2 is 2.31 bits per heavy atom. The molecule has 3 rings (SSSR count). The summed E-state index contributed by atoms with van der Waals surface area (Å²) in [5.74, 6) is 2.59. The van der Waals surface area contributed by atoms with E-state index in [0.29, 0.717) is 0 Å². The Labute approximate surface area is 105 Å². The van der Waals surface area contributed by atoms with Crippen LogP contribution in [0.15, 0.2) is 11.4 Å². The monoisotopic (exact) mass is 256 g/mol. The zero-order valence-electron chi connectivity index (χ0n) is 9.23. The lowest BCUT2D eigenvalue weighted by Gasteiger charge is -2.23. The second-order valence-electron chi connectivity index (χ2n) is 5.32. The maximum Gasteiger partial charge on any atom is 0.0899 e. The Bertz CT molecular complexity index is 376. The van der Waals surface area contributed by atoms with Crippen molar-refractivity contribution in [3.63, 3.8) is 0 Å². The first-order valence-electron chi connectivity index (χ1n) is 6.15. The van der Waals surface area contributed by atoms with Gasteiger partial charge in [0.05, 0.1) is 16.0 Å². The fourth-order valence-electron chi connectivity index (χ4n) is 3.60. The van der Waals surface area contributed by atoms with Gasteiger partial charge in [-0.05, 0) is 54.9 Å². The van der Waals surface area contributed by atoms with E-state index in [1.165, 1.54) is 25.7 Å². The number of hydrogen-bond donors (Lipinski definition) is 1. The number of fused-ring (bicyclic) bond motifs is 2. The van der Waals surface area contributed by atoms with E-state index in [-0.39, 0.29) is 6.10 Å². The van der Waals surface area contributed by atoms with Crippen LogP contribution in [-0.4, -0.2) is 5.11 Å².